The zero-order valence-corrected chi connectivity index (χ0v) is 12.4. The Morgan fingerprint density at radius 3 is 2.50 bits per heavy atom. The van der Waals surface area contributed by atoms with Crippen LogP contribution < -0.4 is 5.43 Å². The van der Waals surface area contributed by atoms with Gasteiger partial charge in [-0.05, 0) is 45.2 Å². The van der Waals surface area contributed by atoms with E-state index in [4.69, 9.17) is 11.2 Å². The first kappa shape index (κ1) is 13.5. The Labute approximate surface area is 120 Å². The van der Waals surface area contributed by atoms with Gasteiger partial charge in [0.15, 0.2) is 6.61 Å². The lowest BCUT2D eigenvalue weighted by atomic mass is 10.4. The molecule has 0 atom stereocenters. The SMILES string of the molecule is C#CCOC(=O)Cn1cc(I)c(=O)c(I)c1. The van der Waals surface area contributed by atoms with Crippen molar-refractivity contribution in [2.75, 3.05) is 6.61 Å². The van der Waals surface area contributed by atoms with Gasteiger partial charge in [0.25, 0.3) is 0 Å². The van der Waals surface area contributed by atoms with Gasteiger partial charge in [-0.2, -0.15) is 0 Å². The molecule has 84 valence electrons. The van der Waals surface area contributed by atoms with Crippen molar-refractivity contribution in [3.63, 3.8) is 0 Å². The maximum Gasteiger partial charge on any atom is 0.326 e. The summed E-state index contributed by atoms with van der Waals surface area (Å²) in [6.45, 7) is 0.0151. The first-order chi connectivity index (χ1) is 7.54. The number of terminal acetylenes is 1. The van der Waals surface area contributed by atoms with Gasteiger partial charge >= 0.3 is 5.97 Å². The van der Waals surface area contributed by atoms with E-state index in [1.54, 1.807) is 17.0 Å². The molecule has 16 heavy (non-hydrogen) atoms. The van der Waals surface area contributed by atoms with Crippen molar-refractivity contribution in [2.45, 2.75) is 6.54 Å². The summed E-state index contributed by atoms with van der Waals surface area (Å²) >= 11 is 3.86. The van der Waals surface area contributed by atoms with E-state index in [1.165, 1.54) is 0 Å². The van der Waals surface area contributed by atoms with E-state index in [2.05, 4.69) is 5.92 Å². The molecule has 0 fully saturated rings. The van der Waals surface area contributed by atoms with Gasteiger partial charge in [0.2, 0.25) is 5.43 Å². The molecule has 0 aromatic carbocycles. The summed E-state index contributed by atoms with van der Waals surface area (Å²) in [5, 5.41) is 0. The van der Waals surface area contributed by atoms with Gasteiger partial charge < -0.3 is 9.30 Å². The van der Waals surface area contributed by atoms with Gasteiger partial charge in [-0.3, -0.25) is 9.59 Å². The highest BCUT2D eigenvalue weighted by Gasteiger charge is 2.06. The van der Waals surface area contributed by atoms with Crippen LogP contribution in [0.25, 0.3) is 0 Å². The molecule has 0 bridgehead atoms. The van der Waals surface area contributed by atoms with Gasteiger partial charge in [0.05, 0.1) is 7.14 Å². The molecule has 0 N–H and O–H groups in total. The topological polar surface area (TPSA) is 48.3 Å². The molecule has 0 aliphatic rings. The Bertz CT molecular complexity index is 476. The number of rotatable bonds is 3. The Balaban J connectivity index is 2.80. The van der Waals surface area contributed by atoms with Crippen molar-refractivity contribution in [3.8, 4) is 12.3 Å². The number of carbonyl (C=O) groups excluding carboxylic acids is 1. The molecule has 0 aliphatic carbocycles. The molecular formula is C10H7I2NO3. The van der Waals surface area contributed by atoms with Gasteiger partial charge in [0.1, 0.15) is 6.54 Å². The fraction of sp³-hybridized carbons (Fsp3) is 0.200. The van der Waals surface area contributed by atoms with Crippen molar-refractivity contribution in [1.29, 1.82) is 0 Å². The quantitative estimate of drug-likeness (QED) is 0.402. The number of hydrogen-bond acceptors (Lipinski definition) is 3. The van der Waals surface area contributed by atoms with Crippen LogP contribution in [0.5, 0.6) is 0 Å². The van der Waals surface area contributed by atoms with Gasteiger partial charge in [0, 0.05) is 12.4 Å². The van der Waals surface area contributed by atoms with Crippen molar-refractivity contribution in [1.82, 2.24) is 4.57 Å². The smallest absolute Gasteiger partial charge is 0.326 e. The van der Waals surface area contributed by atoms with Crippen molar-refractivity contribution >= 4 is 51.2 Å². The number of aromatic nitrogens is 1. The molecule has 0 saturated heterocycles. The third kappa shape index (κ3) is 3.79. The Morgan fingerprint density at radius 1 is 1.44 bits per heavy atom. The molecule has 0 saturated carbocycles. The number of nitrogens with zero attached hydrogens (tertiary/aromatic N) is 1. The number of hydrogen-bond donors (Lipinski definition) is 0. The molecule has 1 rings (SSSR count). The minimum absolute atomic E-state index is 0.0329. The Kier molecular flexibility index (Phi) is 5.27. The summed E-state index contributed by atoms with van der Waals surface area (Å²) in [4.78, 5) is 22.7. The summed E-state index contributed by atoms with van der Waals surface area (Å²) < 4.78 is 7.46. The standard InChI is InChI=1S/C10H7I2NO3/c1-2-3-16-9(14)6-13-4-7(11)10(15)8(12)5-13/h1,4-5H,3,6H2. The lowest BCUT2D eigenvalue weighted by Crippen LogP contribution is -2.18. The molecule has 0 amide bonds. The second-order valence-corrected chi connectivity index (χ2v) is 5.14. The minimum atomic E-state index is -0.423. The van der Waals surface area contributed by atoms with Crippen molar-refractivity contribution in [3.05, 3.63) is 29.8 Å². The summed E-state index contributed by atoms with van der Waals surface area (Å²) in [5.74, 6) is 1.79. The van der Waals surface area contributed by atoms with E-state index < -0.39 is 5.97 Å². The van der Waals surface area contributed by atoms with Crippen LogP contribution in [0.15, 0.2) is 17.2 Å². The number of pyridine rings is 1. The van der Waals surface area contributed by atoms with Gasteiger partial charge in [-0.1, -0.05) is 5.92 Å². The van der Waals surface area contributed by atoms with Crippen LogP contribution in [0.2, 0.25) is 0 Å². The predicted molar refractivity (Wildman–Crippen MR) is 75.9 cm³/mol. The average Bonchev–Trinajstić information content (AvgIpc) is 2.23. The van der Waals surface area contributed by atoms with E-state index in [0.717, 1.165) is 0 Å². The minimum Gasteiger partial charge on any atom is -0.451 e. The maximum atomic E-state index is 11.4. The van der Waals surface area contributed by atoms with Crippen molar-refractivity contribution in [2.24, 2.45) is 0 Å². The van der Waals surface area contributed by atoms with Crippen LogP contribution in [0, 0.1) is 19.5 Å². The summed E-state index contributed by atoms with van der Waals surface area (Å²) in [5.41, 5.74) is -0.0329. The number of carbonyl (C=O) groups is 1. The van der Waals surface area contributed by atoms with E-state index >= 15 is 0 Å². The highest BCUT2D eigenvalue weighted by molar-refractivity contribution is 14.1. The van der Waals surface area contributed by atoms with Crippen LogP contribution in [0.1, 0.15) is 0 Å². The lowest BCUT2D eigenvalue weighted by Gasteiger charge is -2.06. The largest absolute Gasteiger partial charge is 0.451 e. The monoisotopic (exact) mass is 443 g/mol. The molecule has 0 spiro atoms. The predicted octanol–water partition coefficient (Wildman–Crippen LogP) is 1.23. The molecular weight excluding hydrogens is 436 g/mol. The highest BCUT2D eigenvalue weighted by Crippen LogP contribution is 2.04. The average molecular weight is 443 g/mol. The number of ether oxygens (including phenoxy) is 1. The molecule has 4 nitrogen and oxygen atoms in total. The molecule has 1 heterocycles. The van der Waals surface area contributed by atoms with E-state index in [-0.39, 0.29) is 18.6 Å². The maximum absolute atomic E-state index is 11.4. The Morgan fingerprint density at radius 2 is 2.00 bits per heavy atom. The summed E-state index contributed by atoms with van der Waals surface area (Å²) in [7, 11) is 0. The van der Waals surface area contributed by atoms with Crippen LogP contribution in [-0.2, 0) is 16.1 Å². The van der Waals surface area contributed by atoms with Gasteiger partial charge in [-0.25, -0.2) is 0 Å². The molecule has 6 heteroatoms. The zero-order chi connectivity index (χ0) is 12.1. The molecule has 1 aromatic heterocycles. The first-order valence-electron chi connectivity index (χ1n) is 4.18. The normalized spacial score (nSPS) is 9.56. The van der Waals surface area contributed by atoms with Crippen molar-refractivity contribution < 1.29 is 9.53 Å². The van der Waals surface area contributed by atoms with Crippen LogP contribution >= 0.6 is 45.2 Å². The fourth-order valence-corrected chi connectivity index (χ4v) is 2.78. The molecule has 0 radical (unpaired) electrons. The summed E-state index contributed by atoms with van der Waals surface area (Å²) in [6.07, 6.45) is 8.16. The fourth-order valence-electron chi connectivity index (χ4n) is 0.968. The van der Waals surface area contributed by atoms with E-state index in [9.17, 15) is 9.59 Å². The molecule has 0 aliphatic heterocycles. The number of esters is 1. The van der Waals surface area contributed by atoms with E-state index in [0.29, 0.717) is 7.14 Å². The first-order valence-corrected chi connectivity index (χ1v) is 6.34. The zero-order valence-electron chi connectivity index (χ0n) is 8.07. The van der Waals surface area contributed by atoms with Gasteiger partial charge in [-0.15, -0.1) is 6.42 Å². The number of halogens is 2. The van der Waals surface area contributed by atoms with E-state index in [1.807, 2.05) is 45.2 Å². The third-order valence-electron chi connectivity index (χ3n) is 1.62. The molecule has 0 unspecified atom stereocenters. The third-order valence-corrected chi connectivity index (χ3v) is 3.16. The van der Waals surface area contributed by atoms with Crippen LogP contribution in [-0.4, -0.2) is 17.1 Å². The molecule has 1 aromatic rings. The highest BCUT2D eigenvalue weighted by atomic mass is 127. The second-order valence-electron chi connectivity index (χ2n) is 2.82. The van der Waals surface area contributed by atoms with Crippen LogP contribution in [0.4, 0.5) is 0 Å². The summed E-state index contributed by atoms with van der Waals surface area (Å²) in [6, 6.07) is 0. The second kappa shape index (κ2) is 6.24. The van der Waals surface area contributed by atoms with Crippen LogP contribution in [0.3, 0.4) is 0 Å². The Hall–Kier alpha value is -0.560. The lowest BCUT2D eigenvalue weighted by molar-refractivity contribution is -0.142.